The molecule has 0 unspecified atom stereocenters. The van der Waals surface area contributed by atoms with Crippen LogP contribution in [0.4, 0.5) is 5.82 Å². The number of carbonyl (C=O) groups excluding carboxylic acids is 2. The number of rotatable bonds is 8. The summed E-state index contributed by atoms with van der Waals surface area (Å²) in [6.07, 6.45) is 11.7. The molecule has 13 nitrogen and oxygen atoms in total. The number of ether oxygens (including phenoxy) is 1. The number of aromatic hydroxyl groups is 2. The van der Waals surface area contributed by atoms with Crippen LogP contribution in [-0.4, -0.2) is 96.2 Å². The number of aliphatic hydroxyl groups is 4. The van der Waals surface area contributed by atoms with Crippen LogP contribution < -0.4 is 15.4 Å². The second kappa shape index (κ2) is 21.1. The van der Waals surface area contributed by atoms with E-state index in [2.05, 4.69) is 44.3 Å². The van der Waals surface area contributed by atoms with Gasteiger partial charge in [0.1, 0.15) is 29.5 Å². The molecule has 78 heavy (non-hydrogen) atoms. The Bertz CT molecular complexity index is 3360. The number of ketones is 2. The molecule has 10 atom stereocenters. The minimum atomic E-state index is -1.49. The van der Waals surface area contributed by atoms with Gasteiger partial charge in [0.25, 0.3) is 0 Å². The molecular weight excluding hydrogens is 981 g/mol. The summed E-state index contributed by atoms with van der Waals surface area (Å²) in [5, 5.41) is 80.2. The predicted octanol–water partition coefficient (Wildman–Crippen LogP) is 8.22. The molecular formula is C65H70N4O9. The summed E-state index contributed by atoms with van der Waals surface area (Å²) in [7, 11) is 1.84. The Morgan fingerprint density at radius 1 is 0.859 bits per heavy atom. The number of benzene rings is 3. The molecule has 2 aliphatic heterocycles. The second-order valence-corrected chi connectivity index (χ2v) is 23.1. The SMILES string of the molecule is CNC[C@@H]1C#C[C@H]2Nc3[nH]ccc3Cc3cc4ccc3[C@@]3(CCC[C@@H]3C#CCC3=C2[C@@H](C(=O)[C@H](CCO)C(=O)CCc2cc(OC5CCCC5)c(O)c(c2)[C@@H]4O)[C@H](C[C@@]2(O)C=Cc4c(O)cccc4CC2)c2cc[nH]c23)[C@H]1O. The van der Waals surface area contributed by atoms with E-state index in [0.29, 0.717) is 60.3 Å². The van der Waals surface area contributed by atoms with Gasteiger partial charge in [0, 0.05) is 78.9 Å². The Morgan fingerprint density at radius 2 is 1.71 bits per heavy atom. The van der Waals surface area contributed by atoms with Crippen molar-refractivity contribution in [3.8, 4) is 40.9 Å². The van der Waals surface area contributed by atoms with Crippen LogP contribution in [-0.2, 0) is 34.3 Å². The van der Waals surface area contributed by atoms with Crippen LogP contribution >= 0.6 is 0 Å². The van der Waals surface area contributed by atoms with E-state index in [4.69, 9.17) is 4.74 Å². The maximum absolute atomic E-state index is 16.5. The van der Waals surface area contributed by atoms with Crippen molar-refractivity contribution >= 4 is 29.0 Å². The minimum absolute atomic E-state index is 0.0586. The summed E-state index contributed by atoms with van der Waals surface area (Å²) in [6.45, 7) is -0.123. The number of hydrogen-bond donors (Lipinski definition) is 10. The van der Waals surface area contributed by atoms with Crippen LogP contribution in [0.1, 0.15) is 145 Å². The van der Waals surface area contributed by atoms with Gasteiger partial charge in [-0.05, 0) is 158 Å². The number of carbonyl (C=O) groups is 2. The number of aryl methyl sites for hydroxylation is 2. The lowest BCUT2D eigenvalue weighted by Gasteiger charge is -2.43. The molecule has 6 bridgehead atoms. The summed E-state index contributed by atoms with van der Waals surface area (Å²) >= 11 is 0. The van der Waals surface area contributed by atoms with E-state index in [1.807, 2.05) is 55.8 Å². The number of nitrogens with one attached hydrogen (secondary N) is 4. The molecule has 4 heterocycles. The predicted molar refractivity (Wildman–Crippen MR) is 298 cm³/mol. The first kappa shape index (κ1) is 51.9. The van der Waals surface area contributed by atoms with E-state index < -0.39 is 65.3 Å². The van der Waals surface area contributed by atoms with Crippen molar-refractivity contribution in [3.05, 3.63) is 140 Å². The average molecular weight is 1050 g/mol. The number of H-pyrrole nitrogens is 2. The fourth-order valence-electron chi connectivity index (χ4n) is 14.7. The number of phenolic OH excluding ortho intramolecular Hbond substituents is 2. The van der Waals surface area contributed by atoms with E-state index in [1.165, 1.54) is 0 Å². The molecule has 13 heteroatoms. The molecule has 0 saturated heterocycles. The van der Waals surface area contributed by atoms with Gasteiger partial charge >= 0.3 is 0 Å². The highest BCUT2D eigenvalue weighted by Crippen LogP contribution is 2.55. The van der Waals surface area contributed by atoms with Crippen LogP contribution in [0, 0.1) is 47.4 Å². The molecule has 1 spiro atoms. The number of fused-ring (bicyclic) bond motifs is 8. The topological polar surface area (TPSA) is 220 Å². The summed E-state index contributed by atoms with van der Waals surface area (Å²) in [6, 6.07) is 17.8. The van der Waals surface area contributed by atoms with Gasteiger partial charge in [0.15, 0.2) is 17.3 Å². The first-order valence-electron chi connectivity index (χ1n) is 28.3. The van der Waals surface area contributed by atoms with Gasteiger partial charge < -0.3 is 56.0 Å². The van der Waals surface area contributed by atoms with Crippen molar-refractivity contribution in [1.82, 2.24) is 15.3 Å². The highest BCUT2D eigenvalue weighted by atomic mass is 16.5. The van der Waals surface area contributed by atoms with E-state index in [1.54, 1.807) is 36.4 Å². The van der Waals surface area contributed by atoms with Crippen LogP contribution in [0.2, 0.25) is 0 Å². The molecule has 2 saturated carbocycles. The maximum Gasteiger partial charge on any atom is 0.163 e. The molecule has 5 aliphatic carbocycles. The molecule has 404 valence electrons. The molecule has 2 fully saturated rings. The second-order valence-electron chi connectivity index (χ2n) is 23.1. The molecule has 12 rings (SSSR count). The standard InChI is InChI=1S/C65H70N4O9/c1-66-36-41-16-18-52-56-48-12-5-8-43-9-6-25-65(43,62(41)76)51-17-15-39(33-42(51)34-40-22-28-68-63(40)69-52)59(73)49-31-37(32-55(60(49)74)78-44-10-2-3-11-44)14-19-54(72)47(24-30-70)61(75)57(56)50(46-23-29-67-58(46)48)35-64(77)26-20-38-7-4-13-53(71)45(38)21-27-64/h4,7,13,15,17,21-23,27-29,31-33,41,43-44,47,50,52,57,59,62,66-71,73-74,76-77H,2-3,6,9-12,14,19-20,24-26,30,34-36H2,1H3/t41-,43-,47+,50+,52+,57-,59+,62-,64-,65-/m0/s1. The van der Waals surface area contributed by atoms with Crippen LogP contribution in [0.25, 0.3) is 11.6 Å². The van der Waals surface area contributed by atoms with Gasteiger partial charge in [-0.15, -0.1) is 0 Å². The number of anilines is 1. The van der Waals surface area contributed by atoms with Crippen LogP contribution in [0.3, 0.4) is 0 Å². The van der Waals surface area contributed by atoms with Gasteiger partial charge in [0.2, 0.25) is 0 Å². The number of aliphatic hydroxyl groups excluding tert-OH is 3. The Labute approximate surface area is 455 Å². The van der Waals surface area contributed by atoms with E-state index >= 15 is 9.59 Å². The number of aromatic nitrogens is 2. The minimum Gasteiger partial charge on any atom is -0.507 e. The van der Waals surface area contributed by atoms with E-state index in [9.17, 15) is 30.6 Å². The summed E-state index contributed by atoms with van der Waals surface area (Å²) in [5.41, 5.74) is 6.11. The van der Waals surface area contributed by atoms with Gasteiger partial charge in [-0.3, -0.25) is 9.59 Å². The zero-order chi connectivity index (χ0) is 53.9. The van der Waals surface area contributed by atoms with Crippen molar-refractivity contribution in [2.45, 2.75) is 138 Å². The maximum atomic E-state index is 16.5. The normalized spacial score (nSPS) is 29.4. The number of Topliss-reactive ketones (excluding diaryl/α,β-unsaturated/α-hetero) is 2. The van der Waals surface area contributed by atoms with Gasteiger partial charge in [-0.2, -0.15) is 0 Å². The number of aromatic amines is 2. The number of phenols is 2. The monoisotopic (exact) mass is 1050 g/mol. The number of hydrogen-bond acceptors (Lipinski definition) is 11. The average Bonchev–Trinajstić information content (AvgIpc) is 4.45. The van der Waals surface area contributed by atoms with Crippen LogP contribution in [0.15, 0.2) is 84.7 Å². The van der Waals surface area contributed by atoms with Crippen LogP contribution in [0.5, 0.6) is 17.2 Å². The quantitative estimate of drug-likeness (QED) is 0.0527. The highest BCUT2D eigenvalue weighted by Gasteiger charge is 2.53. The first-order chi connectivity index (χ1) is 37.9. The molecule has 3 aromatic carbocycles. The molecule has 7 aliphatic rings. The lowest BCUT2D eigenvalue weighted by Crippen LogP contribution is -2.49. The van der Waals surface area contributed by atoms with Crippen molar-refractivity contribution in [3.63, 3.8) is 0 Å². The lowest BCUT2D eigenvalue weighted by atomic mass is 9.62. The smallest absolute Gasteiger partial charge is 0.163 e. The highest BCUT2D eigenvalue weighted by molar-refractivity contribution is 6.06. The number of allylic oxidation sites excluding steroid dienone is 1. The Morgan fingerprint density at radius 3 is 2.54 bits per heavy atom. The van der Waals surface area contributed by atoms with Crippen molar-refractivity contribution in [1.29, 1.82) is 0 Å². The lowest BCUT2D eigenvalue weighted by molar-refractivity contribution is -0.135. The molecule has 10 N–H and O–H groups in total. The third-order valence-corrected chi connectivity index (χ3v) is 18.6. The molecule has 2 aromatic heterocycles. The Balaban J connectivity index is 1.12. The van der Waals surface area contributed by atoms with E-state index in [0.717, 1.165) is 71.2 Å². The van der Waals surface area contributed by atoms with Crippen molar-refractivity contribution in [2.24, 2.45) is 23.7 Å². The van der Waals surface area contributed by atoms with E-state index in [-0.39, 0.29) is 79.1 Å². The van der Waals surface area contributed by atoms with Gasteiger partial charge in [-0.25, -0.2) is 0 Å². The fraction of sp³-hybridized carbons (Fsp3) is 0.446. The third kappa shape index (κ3) is 9.17. The van der Waals surface area contributed by atoms with Crippen molar-refractivity contribution in [2.75, 3.05) is 25.5 Å². The molecule has 0 amide bonds. The fourth-order valence-corrected chi connectivity index (χ4v) is 14.7. The zero-order valence-electron chi connectivity index (χ0n) is 44.2. The summed E-state index contributed by atoms with van der Waals surface area (Å²) in [5.74, 6) is 10.6. The molecule has 5 aromatic rings. The zero-order valence-corrected chi connectivity index (χ0v) is 44.2. The van der Waals surface area contributed by atoms with Gasteiger partial charge in [0.05, 0.1) is 35.6 Å². The first-order valence-corrected chi connectivity index (χ1v) is 28.3. The van der Waals surface area contributed by atoms with Crippen molar-refractivity contribution < 1.29 is 45.0 Å². The summed E-state index contributed by atoms with van der Waals surface area (Å²) in [4.78, 5) is 38.8. The third-order valence-electron chi connectivity index (χ3n) is 18.6. The Kier molecular flexibility index (Phi) is 14.0. The molecule has 0 radical (unpaired) electrons. The Hall–Kier alpha value is -6.84. The summed E-state index contributed by atoms with van der Waals surface area (Å²) < 4.78 is 6.52. The van der Waals surface area contributed by atoms with Gasteiger partial charge in [-0.1, -0.05) is 72.6 Å². The largest absolute Gasteiger partial charge is 0.507 e.